The van der Waals surface area contributed by atoms with Gasteiger partial charge in [-0.3, -0.25) is 0 Å². The average molecular weight is 829 g/mol. The van der Waals surface area contributed by atoms with Crippen LogP contribution < -0.4 is 0 Å². The first-order chi connectivity index (χ1) is 32.2. The maximum atomic E-state index is 6.40. The van der Waals surface area contributed by atoms with Crippen molar-refractivity contribution in [1.29, 1.82) is 0 Å². The number of hydrogen-bond acceptors (Lipinski definition) is 2. The van der Waals surface area contributed by atoms with E-state index >= 15 is 0 Å². The van der Waals surface area contributed by atoms with Gasteiger partial charge in [-0.15, -0.1) is 0 Å². The minimum absolute atomic E-state index is 0.0375. The maximum absolute atomic E-state index is 6.40. The lowest BCUT2D eigenvalue weighted by molar-refractivity contribution is 0.669. The molecule has 304 valence electrons. The SMILES string of the molecule is c1ccc(-c2cccc(-c3ccc(C(c4cccc(-c5ccc6oc7ccc8ccccc8c7c6c5)c4)c4cccc(-c5ccc6oc7ccc8ccccc8c7c6c5)c4)cc3)c2)cc1. The van der Waals surface area contributed by atoms with Gasteiger partial charge in [-0.05, 0) is 125 Å². The summed E-state index contributed by atoms with van der Waals surface area (Å²) < 4.78 is 12.8. The molecule has 0 amide bonds. The summed E-state index contributed by atoms with van der Waals surface area (Å²) in [5.74, 6) is -0.0375. The van der Waals surface area contributed by atoms with Crippen LogP contribution in [0.3, 0.4) is 0 Å². The molecule has 11 aromatic carbocycles. The molecule has 0 aliphatic rings. The van der Waals surface area contributed by atoms with E-state index < -0.39 is 0 Å². The molecule has 13 aromatic rings. The van der Waals surface area contributed by atoms with Crippen LogP contribution in [0.2, 0.25) is 0 Å². The fourth-order valence-corrected chi connectivity index (χ4v) is 10.2. The normalized spacial score (nSPS) is 11.8. The van der Waals surface area contributed by atoms with Gasteiger partial charge in [0.25, 0.3) is 0 Å². The predicted molar refractivity (Wildman–Crippen MR) is 272 cm³/mol. The Labute approximate surface area is 376 Å². The summed E-state index contributed by atoms with van der Waals surface area (Å²) in [6.07, 6.45) is 0. The first-order valence-electron chi connectivity index (χ1n) is 22.3. The second-order valence-electron chi connectivity index (χ2n) is 17.2. The van der Waals surface area contributed by atoms with E-state index in [1.54, 1.807) is 0 Å². The summed E-state index contributed by atoms with van der Waals surface area (Å²) in [5.41, 5.74) is 16.8. The monoisotopic (exact) mass is 828 g/mol. The van der Waals surface area contributed by atoms with Crippen molar-refractivity contribution in [1.82, 2.24) is 0 Å². The number of benzene rings is 11. The highest BCUT2D eigenvalue weighted by molar-refractivity contribution is 6.20. The van der Waals surface area contributed by atoms with E-state index in [0.29, 0.717) is 0 Å². The van der Waals surface area contributed by atoms with Crippen molar-refractivity contribution in [2.75, 3.05) is 0 Å². The molecule has 13 rings (SSSR count). The standard InChI is InChI=1S/C63H40O2/c1-2-11-40(12-3-1)45-15-8-16-46(35-45)41-23-25-44(26-24-41)61(51-19-9-17-47(36-51)49-29-31-57-55(38-49)62-53-21-6-4-13-42(53)27-33-59(62)64-57)52-20-10-18-48(37-52)50-30-32-58-56(39-50)63-54-22-7-5-14-43(54)28-34-60(63)65-58/h1-39,61H. The second-order valence-corrected chi connectivity index (χ2v) is 17.2. The van der Waals surface area contributed by atoms with E-state index in [1.165, 1.54) is 71.6 Å². The molecule has 2 heteroatoms. The summed E-state index contributed by atoms with van der Waals surface area (Å²) in [6, 6.07) is 85.7. The molecule has 2 nitrogen and oxygen atoms in total. The van der Waals surface area contributed by atoms with Gasteiger partial charge in [0.15, 0.2) is 0 Å². The van der Waals surface area contributed by atoms with Crippen LogP contribution in [-0.4, -0.2) is 0 Å². The molecule has 0 bridgehead atoms. The molecule has 2 aromatic heterocycles. The Hall–Kier alpha value is -8.46. The number of hydrogen-bond donors (Lipinski definition) is 0. The number of rotatable bonds is 7. The van der Waals surface area contributed by atoms with Crippen LogP contribution in [0.5, 0.6) is 0 Å². The minimum atomic E-state index is -0.0375. The van der Waals surface area contributed by atoms with Crippen LogP contribution in [-0.2, 0) is 0 Å². The third kappa shape index (κ3) is 6.41. The van der Waals surface area contributed by atoms with Gasteiger partial charge in [-0.2, -0.15) is 0 Å². The molecule has 0 spiro atoms. The molecule has 0 saturated heterocycles. The molecule has 2 heterocycles. The van der Waals surface area contributed by atoms with Crippen LogP contribution in [0.4, 0.5) is 0 Å². The predicted octanol–water partition coefficient (Wildman–Crippen LogP) is 17.6. The van der Waals surface area contributed by atoms with Gasteiger partial charge in [0.05, 0.1) is 0 Å². The molecule has 0 fully saturated rings. The van der Waals surface area contributed by atoms with E-state index in [4.69, 9.17) is 8.83 Å². The number of fused-ring (bicyclic) bond motifs is 10. The molecular formula is C63H40O2. The maximum Gasteiger partial charge on any atom is 0.136 e. The Morgan fingerprint density at radius 3 is 1.17 bits per heavy atom. The lowest BCUT2D eigenvalue weighted by Gasteiger charge is -2.21. The fraction of sp³-hybridized carbons (Fsp3) is 0.0159. The molecule has 0 saturated carbocycles. The second kappa shape index (κ2) is 15.1. The smallest absolute Gasteiger partial charge is 0.136 e. The topological polar surface area (TPSA) is 26.3 Å². The largest absolute Gasteiger partial charge is 0.456 e. The van der Waals surface area contributed by atoms with Gasteiger partial charge >= 0.3 is 0 Å². The zero-order valence-electron chi connectivity index (χ0n) is 35.4. The Morgan fingerprint density at radius 2 is 0.631 bits per heavy atom. The van der Waals surface area contributed by atoms with Crippen molar-refractivity contribution in [3.05, 3.63) is 253 Å². The highest BCUT2D eigenvalue weighted by atomic mass is 16.3. The average Bonchev–Trinajstić information content (AvgIpc) is 3.96. The van der Waals surface area contributed by atoms with Crippen LogP contribution in [0, 0.1) is 0 Å². The Morgan fingerprint density at radius 1 is 0.231 bits per heavy atom. The summed E-state index contributed by atoms with van der Waals surface area (Å²) in [6.45, 7) is 0. The highest BCUT2D eigenvalue weighted by Gasteiger charge is 2.20. The summed E-state index contributed by atoms with van der Waals surface area (Å²) in [4.78, 5) is 0. The first kappa shape index (κ1) is 37.1. The summed E-state index contributed by atoms with van der Waals surface area (Å²) in [7, 11) is 0. The van der Waals surface area contributed by atoms with Crippen molar-refractivity contribution < 1.29 is 8.83 Å². The molecule has 0 radical (unpaired) electrons. The summed E-state index contributed by atoms with van der Waals surface area (Å²) >= 11 is 0. The third-order valence-electron chi connectivity index (χ3n) is 13.4. The van der Waals surface area contributed by atoms with Gasteiger partial charge in [-0.25, -0.2) is 0 Å². The molecular weight excluding hydrogens is 789 g/mol. The van der Waals surface area contributed by atoms with Crippen LogP contribution in [0.25, 0.3) is 110 Å². The molecule has 0 unspecified atom stereocenters. The third-order valence-corrected chi connectivity index (χ3v) is 13.4. The van der Waals surface area contributed by atoms with Gasteiger partial charge in [0.1, 0.15) is 22.3 Å². The van der Waals surface area contributed by atoms with E-state index in [0.717, 1.165) is 55.0 Å². The van der Waals surface area contributed by atoms with Crippen molar-refractivity contribution >= 4 is 65.4 Å². The van der Waals surface area contributed by atoms with Crippen LogP contribution in [0.15, 0.2) is 245 Å². The number of furan rings is 2. The zero-order chi connectivity index (χ0) is 42.8. The lowest BCUT2D eigenvalue weighted by Crippen LogP contribution is -2.04. The quantitative estimate of drug-likeness (QED) is 0.150. The van der Waals surface area contributed by atoms with E-state index in [1.807, 2.05) is 0 Å². The first-order valence-corrected chi connectivity index (χ1v) is 22.3. The molecule has 0 aliphatic heterocycles. The van der Waals surface area contributed by atoms with Crippen LogP contribution >= 0.6 is 0 Å². The Kier molecular flexibility index (Phi) is 8.63. The molecule has 0 N–H and O–H groups in total. The Balaban J connectivity index is 0.938. The van der Waals surface area contributed by atoms with E-state index in [2.05, 4.69) is 237 Å². The Bertz CT molecular complexity index is 3750. The van der Waals surface area contributed by atoms with Crippen LogP contribution in [0.1, 0.15) is 22.6 Å². The van der Waals surface area contributed by atoms with Crippen molar-refractivity contribution in [2.45, 2.75) is 5.92 Å². The fourth-order valence-electron chi connectivity index (χ4n) is 10.2. The van der Waals surface area contributed by atoms with Gasteiger partial charge in [0, 0.05) is 27.5 Å². The summed E-state index contributed by atoms with van der Waals surface area (Å²) in [5, 5.41) is 9.42. The highest BCUT2D eigenvalue weighted by Crippen LogP contribution is 2.42. The van der Waals surface area contributed by atoms with Crippen molar-refractivity contribution in [3.8, 4) is 44.5 Å². The van der Waals surface area contributed by atoms with E-state index in [9.17, 15) is 0 Å². The van der Waals surface area contributed by atoms with Crippen molar-refractivity contribution in [3.63, 3.8) is 0 Å². The van der Waals surface area contributed by atoms with Gasteiger partial charge < -0.3 is 8.83 Å². The zero-order valence-corrected chi connectivity index (χ0v) is 35.4. The van der Waals surface area contributed by atoms with Gasteiger partial charge in [-0.1, -0.05) is 194 Å². The lowest BCUT2D eigenvalue weighted by atomic mass is 9.82. The van der Waals surface area contributed by atoms with E-state index in [-0.39, 0.29) is 5.92 Å². The molecule has 0 aliphatic carbocycles. The minimum Gasteiger partial charge on any atom is -0.456 e. The van der Waals surface area contributed by atoms with Crippen molar-refractivity contribution in [2.24, 2.45) is 0 Å². The molecule has 0 atom stereocenters. The molecule has 65 heavy (non-hydrogen) atoms. The van der Waals surface area contributed by atoms with Gasteiger partial charge in [0.2, 0.25) is 0 Å².